The van der Waals surface area contributed by atoms with Crippen LogP contribution in [0.15, 0.2) is 4.99 Å². The molecule has 3 heteroatoms. The van der Waals surface area contributed by atoms with Gasteiger partial charge in [0.15, 0.2) is 0 Å². The fourth-order valence-electron chi connectivity index (χ4n) is 1.61. The second-order valence-electron chi connectivity index (χ2n) is 5.41. The van der Waals surface area contributed by atoms with Crippen LogP contribution in [0.5, 0.6) is 0 Å². The molecule has 0 N–H and O–H groups in total. The van der Waals surface area contributed by atoms with Crippen LogP contribution < -0.4 is 0 Å². The molecule has 1 unspecified atom stereocenters. The molecule has 0 radical (unpaired) electrons. The van der Waals surface area contributed by atoms with E-state index in [1.807, 2.05) is 0 Å². The van der Waals surface area contributed by atoms with Crippen molar-refractivity contribution in [3.05, 3.63) is 0 Å². The van der Waals surface area contributed by atoms with Gasteiger partial charge in [0.1, 0.15) is 7.22 Å². The molecule has 0 bridgehead atoms. The Kier molecular flexibility index (Phi) is 9.42. The van der Waals surface area contributed by atoms with Crippen molar-refractivity contribution in [1.82, 2.24) is 0 Å². The Hall–Kier alpha value is 0.237. The van der Waals surface area contributed by atoms with Crippen molar-refractivity contribution in [2.75, 3.05) is 6.54 Å². The van der Waals surface area contributed by atoms with E-state index >= 15 is 0 Å². The highest BCUT2D eigenvalue weighted by Gasteiger charge is 2.17. The Balaban J connectivity index is 3.41. The number of nitrogens with zero attached hydrogens (tertiary/aromatic N) is 1. The highest BCUT2D eigenvalue weighted by molar-refractivity contribution is 8.29. The summed E-state index contributed by atoms with van der Waals surface area (Å²) in [4.78, 5) is 4.45. The molecule has 0 heterocycles. The average molecular weight is 260 g/mol. The SMILES string of the molecule is CCCC/C=N/CCCC(C)S[Si](C)(C)C. The first-order valence-corrected chi connectivity index (χ1v) is 11.7. The van der Waals surface area contributed by atoms with E-state index in [9.17, 15) is 0 Å². The number of hydrogen-bond donors (Lipinski definition) is 0. The quantitative estimate of drug-likeness (QED) is 0.323. The van der Waals surface area contributed by atoms with Crippen molar-refractivity contribution in [1.29, 1.82) is 0 Å². The smallest absolute Gasteiger partial charge is 0.108 e. The molecule has 0 fully saturated rings. The van der Waals surface area contributed by atoms with Crippen LogP contribution in [0.4, 0.5) is 0 Å². The first-order chi connectivity index (χ1) is 7.45. The van der Waals surface area contributed by atoms with Crippen molar-refractivity contribution in [3.8, 4) is 0 Å². The second kappa shape index (κ2) is 9.29. The molecule has 0 aliphatic carbocycles. The zero-order valence-corrected chi connectivity index (χ0v) is 13.6. The van der Waals surface area contributed by atoms with Gasteiger partial charge >= 0.3 is 0 Å². The zero-order chi connectivity index (χ0) is 12.4. The lowest BCUT2D eigenvalue weighted by atomic mass is 10.2. The molecule has 0 saturated carbocycles. The molecule has 0 saturated heterocycles. The Morgan fingerprint density at radius 3 is 2.50 bits per heavy atom. The van der Waals surface area contributed by atoms with Crippen LogP contribution in [0.2, 0.25) is 19.6 Å². The molecular formula is C13H29NSSi. The van der Waals surface area contributed by atoms with Gasteiger partial charge in [-0.25, -0.2) is 0 Å². The fourth-order valence-corrected chi connectivity index (χ4v) is 7.08. The number of rotatable bonds is 9. The summed E-state index contributed by atoms with van der Waals surface area (Å²) < 4.78 is 0. The van der Waals surface area contributed by atoms with E-state index in [0.29, 0.717) is 0 Å². The van der Waals surface area contributed by atoms with Crippen molar-refractivity contribution < 1.29 is 0 Å². The summed E-state index contributed by atoms with van der Waals surface area (Å²) in [6, 6.07) is 0. The minimum Gasteiger partial charge on any atom is -0.298 e. The maximum Gasteiger partial charge on any atom is 0.108 e. The second-order valence-corrected chi connectivity index (χ2v) is 15.1. The van der Waals surface area contributed by atoms with Gasteiger partial charge in [0.25, 0.3) is 0 Å². The summed E-state index contributed by atoms with van der Waals surface area (Å²) in [7, 11) is -0.928. The molecule has 1 atom stereocenters. The van der Waals surface area contributed by atoms with E-state index < -0.39 is 7.22 Å². The van der Waals surface area contributed by atoms with E-state index in [2.05, 4.69) is 55.9 Å². The lowest BCUT2D eigenvalue weighted by Gasteiger charge is -2.20. The lowest BCUT2D eigenvalue weighted by Crippen LogP contribution is -2.18. The molecule has 0 amide bonds. The fraction of sp³-hybridized carbons (Fsp3) is 0.923. The third-order valence-corrected chi connectivity index (χ3v) is 6.94. The van der Waals surface area contributed by atoms with Gasteiger partial charge in [-0.3, -0.25) is 4.99 Å². The van der Waals surface area contributed by atoms with E-state index in [1.54, 1.807) is 0 Å². The predicted octanol–water partition coefficient (Wildman–Crippen LogP) is 4.98. The Morgan fingerprint density at radius 1 is 1.25 bits per heavy atom. The number of aliphatic imine (C=N–C) groups is 1. The van der Waals surface area contributed by atoms with Gasteiger partial charge in [0, 0.05) is 6.54 Å². The molecule has 0 aromatic carbocycles. The minimum atomic E-state index is -0.928. The Bertz CT molecular complexity index is 187. The summed E-state index contributed by atoms with van der Waals surface area (Å²) >= 11 is 2.22. The van der Waals surface area contributed by atoms with E-state index in [1.165, 1.54) is 25.7 Å². The standard InChI is InChI=1S/C13H29NSSi/c1-6-7-8-11-14-12-9-10-13(2)15-16(3,4)5/h11,13H,6-10,12H2,1-5H3/b14-11+. The number of unbranched alkanes of at least 4 members (excludes halogenated alkanes) is 2. The predicted molar refractivity (Wildman–Crippen MR) is 82.5 cm³/mol. The average Bonchev–Trinajstić information content (AvgIpc) is 2.13. The van der Waals surface area contributed by atoms with Crippen LogP contribution in [0.1, 0.15) is 46.0 Å². The molecule has 0 aromatic heterocycles. The summed E-state index contributed by atoms with van der Waals surface area (Å²) in [5, 5.41) is 0.817. The maximum atomic E-state index is 4.45. The van der Waals surface area contributed by atoms with E-state index in [4.69, 9.17) is 0 Å². The van der Waals surface area contributed by atoms with Crippen LogP contribution in [-0.4, -0.2) is 25.2 Å². The molecule has 0 aliphatic rings. The van der Waals surface area contributed by atoms with Crippen LogP contribution in [0.25, 0.3) is 0 Å². The molecule has 0 aromatic rings. The molecule has 16 heavy (non-hydrogen) atoms. The van der Waals surface area contributed by atoms with Gasteiger partial charge in [0.05, 0.1) is 0 Å². The minimum absolute atomic E-state index is 0.817. The van der Waals surface area contributed by atoms with Gasteiger partial charge in [-0.1, -0.05) is 39.9 Å². The van der Waals surface area contributed by atoms with Gasteiger partial charge < -0.3 is 0 Å². The van der Waals surface area contributed by atoms with Gasteiger partial charge in [0.2, 0.25) is 0 Å². The van der Waals surface area contributed by atoms with Crippen LogP contribution in [-0.2, 0) is 0 Å². The largest absolute Gasteiger partial charge is 0.298 e. The van der Waals surface area contributed by atoms with Crippen LogP contribution >= 0.6 is 11.2 Å². The van der Waals surface area contributed by atoms with Crippen LogP contribution in [0.3, 0.4) is 0 Å². The molecule has 0 aliphatic heterocycles. The maximum absolute atomic E-state index is 4.45. The molecule has 1 nitrogen and oxygen atoms in total. The van der Waals surface area contributed by atoms with E-state index in [-0.39, 0.29) is 0 Å². The first-order valence-electron chi connectivity index (χ1n) is 6.62. The summed E-state index contributed by atoms with van der Waals surface area (Å²) in [5.41, 5.74) is 0. The van der Waals surface area contributed by atoms with Crippen molar-refractivity contribution in [2.45, 2.75) is 70.8 Å². The lowest BCUT2D eigenvalue weighted by molar-refractivity contribution is 0.740. The molecular weight excluding hydrogens is 230 g/mol. The topological polar surface area (TPSA) is 12.4 Å². The normalized spacial score (nSPS) is 14.6. The van der Waals surface area contributed by atoms with Crippen molar-refractivity contribution >= 4 is 24.6 Å². The van der Waals surface area contributed by atoms with Crippen molar-refractivity contribution in [3.63, 3.8) is 0 Å². The van der Waals surface area contributed by atoms with Gasteiger partial charge in [-0.2, -0.15) is 11.2 Å². The van der Waals surface area contributed by atoms with Crippen LogP contribution in [0, 0.1) is 0 Å². The Labute approximate surface area is 107 Å². The first kappa shape index (κ1) is 16.2. The number of hydrogen-bond acceptors (Lipinski definition) is 2. The Morgan fingerprint density at radius 2 is 1.94 bits per heavy atom. The third kappa shape index (κ3) is 12.3. The highest BCUT2D eigenvalue weighted by Crippen LogP contribution is 2.26. The monoisotopic (exact) mass is 259 g/mol. The molecule has 0 spiro atoms. The highest BCUT2D eigenvalue weighted by atomic mass is 32.4. The molecule has 0 rings (SSSR count). The summed E-state index contributed by atoms with van der Waals surface area (Å²) in [6.07, 6.45) is 8.40. The third-order valence-electron chi connectivity index (χ3n) is 2.27. The zero-order valence-electron chi connectivity index (χ0n) is 11.8. The van der Waals surface area contributed by atoms with Crippen molar-refractivity contribution in [2.24, 2.45) is 4.99 Å². The van der Waals surface area contributed by atoms with Gasteiger partial charge in [-0.05, 0) is 37.1 Å². The summed E-state index contributed by atoms with van der Waals surface area (Å²) in [6.45, 7) is 12.9. The van der Waals surface area contributed by atoms with Gasteiger partial charge in [-0.15, -0.1) is 0 Å². The molecule has 96 valence electrons. The van der Waals surface area contributed by atoms with E-state index in [0.717, 1.165) is 18.2 Å². The summed E-state index contributed by atoms with van der Waals surface area (Å²) in [5.74, 6) is 0.